The largest absolute Gasteiger partial charge is 0.327 e. The van der Waals surface area contributed by atoms with E-state index in [0.717, 1.165) is 0 Å². The number of aryl methyl sites for hydroxylation is 1. The van der Waals surface area contributed by atoms with E-state index in [-0.39, 0.29) is 0 Å². The van der Waals surface area contributed by atoms with E-state index in [1.54, 1.807) is 0 Å². The van der Waals surface area contributed by atoms with Gasteiger partial charge in [-0.2, -0.15) is 0 Å². The highest BCUT2D eigenvalue weighted by Crippen LogP contribution is 2.29. The van der Waals surface area contributed by atoms with Crippen molar-refractivity contribution in [1.29, 1.82) is 0 Å². The fourth-order valence-corrected chi connectivity index (χ4v) is 2.57. The van der Waals surface area contributed by atoms with Crippen molar-refractivity contribution in [1.82, 2.24) is 0 Å². The molecule has 0 fully saturated rings. The third-order valence-corrected chi connectivity index (χ3v) is 3.11. The van der Waals surface area contributed by atoms with Crippen molar-refractivity contribution in [3.8, 4) is 0 Å². The number of nitrogens with two attached hydrogens (primary N) is 1. The summed E-state index contributed by atoms with van der Waals surface area (Å²) in [5, 5.41) is 0. The van der Waals surface area contributed by atoms with Crippen LogP contribution in [-0.4, -0.2) is 6.54 Å². The average Bonchev–Trinajstić information content (AvgIpc) is 2.61. The van der Waals surface area contributed by atoms with Gasteiger partial charge in [0.05, 0.1) is 0 Å². The Labute approximate surface area is 93.1 Å². The Hall–Kier alpha value is -0.600. The van der Waals surface area contributed by atoms with Gasteiger partial charge in [-0.15, -0.1) is 0 Å². The van der Waals surface area contributed by atoms with Gasteiger partial charge in [-0.25, -0.2) is 0 Å². The average molecular weight is 252 g/mol. The van der Waals surface area contributed by atoms with Crippen LogP contribution >= 0.6 is 15.9 Å². The van der Waals surface area contributed by atoms with Gasteiger partial charge in [0.2, 0.25) is 0 Å². The maximum absolute atomic E-state index is 5.46. The van der Waals surface area contributed by atoms with Crippen LogP contribution in [0.3, 0.4) is 0 Å². The molecule has 0 unspecified atom stereocenters. The fourth-order valence-electron chi connectivity index (χ4n) is 2.04. The molecule has 0 heterocycles. The van der Waals surface area contributed by atoms with Crippen molar-refractivity contribution in [2.45, 2.75) is 19.3 Å². The van der Waals surface area contributed by atoms with Crippen molar-refractivity contribution < 1.29 is 0 Å². The van der Waals surface area contributed by atoms with E-state index in [1.165, 1.54) is 40.4 Å². The Bertz CT molecular complexity index is 369. The number of halogens is 1. The summed E-state index contributed by atoms with van der Waals surface area (Å²) in [4.78, 5) is 0. The number of rotatable bonds is 2. The van der Waals surface area contributed by atoms with Gasteiger partial charge in [0.15, 0.2) is 0 Å². The van der Waals surface area contributed by atoms with Crippen LogP contribution in [0.5, 0.6) is 0 Å². The lowest BCUT2D eigenvalue weighted by Crippen LogP contribution is -1.93. The normalized spacial score (nSPS) is 15.0. The highest BCUT2D eigenvalue weighted by Gasteiger charge is 2.13. The number of benzene rings is 1. The molecule has 0 spiro atoms. The maximum atomic E-state index is 5.46. The first-order chi connectivity index (χ1) is 6.81. The predicted octanol–water partition coefficient (Wildman–Crippen LogP) is 2.91. The van der Waals surface area contributed by atoms with Gasteiger partial charge in [-0.3, -0.25) is 0 Å². The highest BCUT2D eigenvalue weighted by molar-refractivity contribution is 9.10. The van der Waals surface area contributed by atoms with Crippen LogP contribution in [0.15, 0.2) is 22.7 Å². The highest BCUT2D eigenvalue weighted by atomic mass is 79.9. The number of fused-ring (bicyclic) bond motifs is 1. The molecule has 0 aliphatic heterocycles. The second kappa shape index (κ2) is 4.28. The first-order valence-electron chi connectivity index (χ1n) is 4.99. The molecule has 74 valence electrons. The van der Waals surface area contributed by atoms with E-state index >= 15 is 0 Å². The minimum absolute atomic E-state index is 0.612. The summed E-state index contributed by atoms with van der Waals surface area (Å²) in [7, 11) is 0. The van der Waals surface area contributed by atoms with Gasteiger partial charge in [0.25, 0.3) is 0 Å². The van der Waals surface area contributed by atoms with Crippen LogP contribution in [0.2, 0.25) is 0 Å². The quantitative estimate of drug-likeness (QED) is 0.860. The summed E-state index contributed by atoms with van der Waals surface area (Å²) >= 11 is 3.54. The molecular formula is C12H14BrN. The standard InChI is InChI=1S/C12H14BrN/c13-11-7-9-3-1-5-12(9)10(8-11)4-2-6-14/h2,4,7-8H,1,3,5-6,14H2/b4-2+. The first kappa shape index (κ1) is 9.94. The van der Waals surface area contributed by atoms with E-state index in [0.29, 0.717) is 6.54 Å². The molecule has 1 aliphatic rings. The molecular weight excluding hydrogens is 238 g/mol. The molecule has 1 aromatic rings. The lowest BCUT2D eigenvalue weighted by atomic mass is 10.0. The molecule has 1 nitrogen and oxygen atoms in total. The third kappa shape index (κ3) is 1.91. The molecule has 0 amide bonds. The molecule has 0 saturated heterocycles. The van der Waals surface area contributed by atoms with Crippen LogP contribution in [0.4, 0.5) is 0 Å². The van der Waals surface area contributed by atoms with Crippen molar-refractivity contribution in [3.63, 3.8) is 0 Å². The molecule has 2 rings (SSSR count). The topological polar surface area (TPSA) is 26.0 Å². The Morgan fingerprint density at radius 3 is 3.00 bits per heavy atom. The van der Waals surface area contributed by atoms with Crippen LogP contribution in [0.25, 0.3) is 6.08 Å². The minimum Gasteiger partial charge on any atom is -0.327 e. The van der Waals surface area contributed by atoms with E-state index in [2.05, 4.69) is 34.1 Å². The van der Waals surface area contributed by atoms with Crippen LogP contribution in [0, 0.1) is 0 Å². The summed E-state index contributed by atoms with van der Waals surface area (Å²) < 4.78 is 1.18. The zero-order chi connectivity index (χ0) is 9.97. The van der Waals surface area contributed by atoms with Crippen LogP contribution in [0.1, 0.15) is 23.1 Å². The van der Waals surface area contributed by atoms with E-state index in [4.69, 9.17) is 5.73 Å². The summed E-state index contributed by atoms with van der Waals surface area (Å²) in [6, 6.07) is 4.42. The molecule has 1 aliphatic carbocycles. The summed E-state index contributed by atoms with van der Waals surface area (Å²) in [5.74, 6) is 0. The van der Waals surface area contributed by atoms with Gasteiger partial charge in [0, 0.05) is 11.0 Å². The summed E-state index contributed by atoms with van der Waals surface area (Å²) in [5.41, 5.74) is 9.80. The predicted molar refractivity (Wildman–Crippen MR) is 64.3 cm³/mol. The second-order valence-corrected chi connectivity index (χ2v) is 4.54. The maximum Gasteiger partial charge on any atom is 0.0184 e. The summed E-state index contributed by atoms with van der Waals surface area (Å²) in [6.07, 6.45) is 7.87. The summed E-state index contributed by atoms with van der Waals surface area (Å²) in [6.45, 7) is 0.612. The van der Waals surface area contributed by atoms with Crippen LogP contribution in [-0.2, 0) is 12.8 Å². The third-order valence-electron chi connectivity index (χ3n) is 2.65. The Kier molecular flexibility index (Phi) is 3.04. The molecule has 0 saturated carbocycles. The van der Waals surface area contributed by atoms with Crippen molar-refractivity contribution >= 4 is 22.0 Å². The Morgan fingerprint density at radius 2 is 2.21 bits per heavy atom. The smallest absolute Gasteiger partial charge is 0.0184 e. The van der Waals surface area contributed by atoms with E-state index < -0.39 is 0 Å². The van der Waals surface area contributed by atoms with Gasteiger partial charge in [-0.1, -0.05) is 28.1 Å². The first-order valence-corrected chi connectivity index (χ1v) is 5.78. The van der Waals surface area contributed by atoms with Crippen molar-refractivity contribution in [2.24, 2.45) is 5.73 Å². The van der Waals surface area contributed by atoms with Gasteiger partial charge in [0.1, 0.15) is 0 Å². The number of hydrogen-bond acceptors (Lipinski definition) is 1. The minimum atomic E-state index is 0.612. The van der Waals surface area contributed by atoms with Crippen molar-refractivity contribution in [2.75, 3.05) is 6.54 Å². The second-order valence-electron chi connectivity index (χ2n) is 3.62. The molecule has 2 heteroatoms. The van der Waals surface area contributed by atoms with E-state index in [1.807, 2.05) is 6.08 Å². The fraction of sp³-hybridized carbons (Fsp3) is 0.333. The van der Waals surface area contributed by atoms with Gasteiger partial charge < -0.3 is 5.73 Å². The Balaban J connectivity index is 2.43. The van der Waals surface area contributed by atoms with Gasteiger partial charge >= 0.3 is 0 Å². The van der Waals surface area contributed by atoms with Gasteiger partial charge in [-0.05, 0) is 48.1 Å². The molecule has 0 radical (unpaired) electrons. The van der Waals surface area contributed by atoms with E-state index in [9.17, 15) is 0 Å². The monoisotopic (exact) mass is 251 g/mol. The molecule has 1 aromatic carbocycles. The molecule has 14 heavy (non-hydrogen) atoms. The molecule has 0 bridgehead atoms. The molecule has 0 aromatic heterocycles. The number of hydrogen-bond donors (Lipinski definition) is 1. The SMILES string of the molecule is NC/C=C/c1cc(Br)cc2c1CCC2. The zero-order valence-electron chi connectivity index (χ0n) is 8.09. The molecule has 2 N–H and O–H groups in total. The zero-order valence-corrected chi connectivity index (χ0v) is 9.68. The van der Waals surface area contributed by atoms with Crippen LogP contribution < -0.4 is 5.73 Å². The van der Waals surface area contributed by atoms with Crippen molar-refractivity contribution in [3.05, 3.63) is 39.4 Å². The lowest BCUT2D eigenvalue weighted by Gasteiger charge is -2.05. The lowest BCUT2D eigenvalue weighted by molar-refractivity contribution is 0.911. The molecule has 0 atom stereocenters. The Morgan fingerprint density at radius 1 is 1.36 bits per heavy atom.